The summed E-state index contributed by atoms with van der Waals surface area (Å²) in [6, 6.07) is 8.86. The highest BCUT2D eigenvalue weighted by Gasteiger charge is 2.17. The van der Waals surface area contributed by atoms with Gasteiger partial charge in [-0.25, -0.2) is 9.48 Å². The molecule has 0 radical (unpaired) electrons. The lowest BCUT2D eigenvalue weighted by Gasteiger charge is -2.05. The van der Waals surface area contributed by atoms with Crippen LogP contribution in [0.15, 0.2) is 29.8 Å². The molecule has 0 spiro atoms. The maximum atomic E-state index is 11.5. The van der Waals surface area contributed by atoms with Crippen LogP contribution in [0.1, 0.15) is 11.3 Å². The van der Waals surface area contributed by atoms with E-state index in [1.807, 2.05) is 0 Å². The van der Waals surface area contributed by atoms with Gasteiger partial charge in [-0.2, -0.15) is 10.4 Å². The predicted molar refractivity (Wildman–Crippen MR) is 83.9 cm³/mol. The average molecular weight is 336 g/mol. The number of hydrogen-bond donors (Lipinski definition) is 0. The first-order valence-electron chi connectivity index (χ1n) is 6.19. The number of methoxy groups -OCH3 is 1. The van der Waals surface area contributed by atoms with Crippen molar-refractivity contribution in [3.63, 3.8) is 0 Å². The largest absolute Gasteiger partial charge is 0.465 e. The zero-order valence-corrected chi connectivity index (χ0v) is 13.3. The monoisotopic (exact) mass is 335 g/mol. The molecule has 0 aliphatic heterocycles. The minimum absolute atomic E-state index is 0.161. The third-order valence-electron chi connectivity index (χ3n) is 2.94. The van der Waals surface area contributed by atoms with Gasteiger partial charge in [-0.1, -0.05) is 35.3 Å². The summed E-state index contributed by atoms with van der Waals surface area (Å²) in [5, 5.41) is 14.1. The number of nitriles is 1. The van der Waals surface area contributed by atoms with Crippen molar-refractivity contribution in [3.05, 3.63) is 51.3 Å². The number of nitrogens with zero attached hydrogens (tertiary/aromatic N) is 3. The molecular weight excluding hydrogens is 325 g/mol. The lowest BCUT2D eigenvalue weighted by molar-refractivity contribution is -0.135. The Hall–Kier alpha value is -2.29. The van der Waals surface area contributed by atoms with E-state index < -0.39 is 5.97 Å². The highest BCUT2D eigenvalue weighted by atomic mass is 35.5. The molecule has 2 aromatic rings. The van der Waals surface area contributed by atoms with Crippen molar-refractivity contribution in [1.82, 2.24) is 9.78 Å². The van der Waals surface area contributed by atoms with Crippen LogP contribution in [0, 0.1) is 18.3 Å². The Morgan fingerprint density at radius 1 is 1.41 bits per heavy atom. The number of benzene rings is 1. The Labute approximate surface area is 137 Å². The normalized spacial score (nSPS) is 11.1. The molecule has 0 bridgehead atoms. The zero-order chi connectivity index (χ0) is 16.3. The highest BCUT2D eigenvalue weighted by Crippen LogP contribution is 2.29. The number of aryl methyl sites for hydroxylation is 1. The number of carbonyl (C=O) groups excluding carboxylic acids is 1. The molecule has 0 fully saturated rings. The Balaban J connectivity index is 2.58. The first-order valence-corrected chi connectivity index (χ1v) is 6.95. The second-order valence-corrected chi connectivity index (χ2v) is 5.08. The fourth-order valence-corrected chi connectivity index (χ4v) is 2.39. The second kappa shape index (κ2) is 6.65. The molecule has 7 heteroatoms. The number of esters is 1. The van der Waals surface area contributed by atoms with Crippen molar-refractivity contribution in [2.45, 2.75) is 6.92 Å². The maximum Gasteiger partial charge on any atom is 0.348 e. The van der Waals surface area contributed by atoms with Gasteiger partial charge in [-0.05, 0) is 25.1 Å². The molecule has 22 heavy (non-hydrogen) atoms. The summed E-state index contributed by atoms with van der Waals surface area (Å²) < 4.78 is 6.00. The number of ether oxygens (including phenoxy) is 1. The van der Waals surface area contributed by atoms with Gasteiger partial charge in [0.15, 0.2) is 0 Å². The van der Waals surface area contributed by atoms with E-state index in [0.29, 0.717) is 22.0 Å². The molecule has 0 aliphatic rings. The van der Waals surface area contributed by atoms with E-state index >= 15 is 0 Å². The van der Waals surface area contributed by atoms with Crippen LogP contribution in [-0.2, 0) is 9.53 Å². The van der Waals surface area contributed by atoms with Crippen LogP contribution in [0.3, 0.4) is 0 Å². The van der Waals surface area contributed by atoms with Gasteiger partial charge in [0.25, 0.3) is 0 Å². The van der Waals surface area contributed by atoms with Crippen molar-refractivity contribution < 1.29 is 9.53 Å². The minimum Gasteiger partial charge on any atom is -0.465 e. The predicted octanol–water partition coefficient (Wildman–Crippen LogP) is 3.57. The summed E-state index contributed by atoms with van der Waals surface area (Å²) in [6.07, 6.45) is 1.35. The fraction of sp³-hybridized carbons (Fsp3) is 0.133. The van der Waals surface area contributed by atoms with E-state index in [4.69, 9.17) is 28.5 Å². The number of halogens is 2. The summed E-state index contributed by atoms with van der Waals surface area (Å²) in [5.74, 6) is -0.733. The quantitative estimate of drug-likeness (QED) is 0.488. The first-order chi connectivity index (χ1) is 10.5. The van der Waals surface area contributed by atoms with Crippen LogP contribution < -0.4 is 0 Å². The SMILES string of the molecule is COC(=O)/C(C#N)=C/c1c(C)nn(-c2ccccc2Cl)c1Cl. The van der Waals surface area contributed by atoms with Crippen molar-refractivity contribution >= 4 is 35.2 Å². The molecule has 1 aromatic carbocycles. The summed E-state index contributed by atoms with van der Waals surface area (Å²) in [7, 11) is 1.20. The van der Waals surface area contributed by atoms with Crippen LogP contribution >= 0.6 is 23.2 Å². The summed E-state index contributed by atoms with van der Waals surface area (Å²) >= 11 is 12.5. The molecular formula is C15H11Cl2N3O2. The average Bonchev–Trinajstić information content (AvgIpc) is 2.79. The second-order valence-electron chi connectivity index (χ2n) is 4.31. The Morgan fingerprint density at radius 2 is 2.09 bits per heavy atom. The molecule has 1 aromatic heterocycles. The van der Waals surface area contributed by atoms with E-state index in [1.54, 1.807) is 37.3 Å². The van der Waals surface area contributed by atoms with Crippen molar-refractivity contribution in [2.75, 3.05) is 7.11 Å². The summed E-state index contributed by atoms with van der Waals surface area (Å²) in [4.78, 5) is 11.5. The van der Waals surface area contributed by atoms with Crippen LogP contribution in [-0.4, -0.2) is 22.9 Å². The Bertz CT molecular complexity index is 804. The van der Waals surface area contributed by atoms with Gasteiger partial charge in [-0.15, -0.1) is 0 Å². The number of rotatable bonds is 3. The molecule has 0 saturated carbocycles. The number of para-hydroxylation sites is 1. The van der Waals surface area contributed by atoms with Gasteiger partial charge in [0, 0.05) is 5.56 Å². The van der Waals surface area contributed by atoms with Crippen molar-refractivity contribution in [1.29, 1.82) is 5.26 Å². The fourth-order valence-electron chi connectivity index (χ4n) is 1.85. The molecule has 0 atom stereocenters. The van der Waals surface area contributed by atoms with Gasteiger partial charge in [0.2, 0.25) is 0 Å². The van der Waals surface area contributed by atoms with Crippen LogP contribution in [0.4, 0.5) is 0 Å². The lowest BCUT2D eigenvalue weighted by Crippen LogP contribution is -2.02. The summed E-state index contributed by atoms with van der Waals surface area (Å²) in [5.41, 5.74) is 1.46. The van der Waals surface area contributed by atoms with E-state index in [9.17, 15) is 4.79 Å². The smallest absolute Gasteiger partial charge is 0.348 e. The third kappa shape index (κ3) is 2.98. The number of aromatic nitrogens is 2. The van der Waals surface area contributed by atoms with E-state index in [0.717, 1.165) is 0 Å². The maximum absolute atomic E-state index is 11.5. The zero-order valence-electron chi connectivity index (χ0n) is 11.8. The first kappa shape index (κ1) is 16.1. The van der Waals surface area contributed by atoms with Gasteiger partial charge in [0.05, 0.1) is 23.5 Å². The van der Waals surface area contributed by atoms with Gasteiger partial charge < -0.3 is 4.74 Å². The van der Waals surface area contributed by atoms with Gasteiger partial charge in [0.1, 0.15) is 16.8 Å². The molecule has 0 amide bonds. The number of hydrogen-bond acceptors (Lipinski definition) is 4. The Morgan fingerprint density at radius 3 is 2.68 bits per heavy atom. The van der Waals surface area contributed by atoms with Crippen LogP contribution in [0.25, 0.3) is 11.8 Å². The molecule has 2 rings (SSSR count). The molecule has 0 aliphatic carbocycles. The molecule has 5 nitrogen and oxygen atoms in total. The standard InChI is InChI=1S/C15H11Cl2N3O2/c1-9-11(7-10(8-18)15(21)22-2)14(17)20(19-9)13-6-4-3-5-12(13)16/h3-7H,1-2H3/b10-7+. The molecule has 0 unspecified atom stereocenters. The van der Waals surface area contributed by atoms with E-state index in [-0.39, 0.29) is 10.7 Å². The lowest BCUT2D eigenvalue weighted by atomic mass is 10.1. The van der Waals surface area contributed by atoms with Crippen LogP contribution in [0.5, 0.6) is 0 Å². The molecule has 0 saturated heterocycles. The number of carbonyl (C=O) groups is 1. The van der Waals surface area contributed by atoms with Gasteiger partial charge in [-0.3, -0.25) is 0 Å². The molecule has 1 heterocycles. The summed E-state index contributed by atoms with van der Waals surface area (Å²) in [6.45, 7) is 1.72. The van der Waals surface area contributed by atoms with Crippen LogP contribution in [0.2, 0.25) is 10.2 Å². The highest BCUT2D eigenvalue weighted by molar-refractivity contribution is 6.33. The third-order valence-corrected chi connectivity index (χ3v) is 3.63. The molecule has 112 valence electrons. The van der Waals surface area contributed by atoms with Crippen molar-refractivity contribution in [3.8, 4) is 11.8 Å². The van der Waals surface area contributed by atoms with E-state index in [2.05, 4.69) is 9.84 Å². The Kier molecular flexibility index (Phi) is 4.86. The topological polar surface area (TPSA) is 67.9 Å². The van der Waals surface area contributed by atoms with Gasteiger partial charge >= 0.3 is 5.97 Å². The van der Waals surface area contributed by atoms with E-state index in [1.165, 1.54) is 17.9 Å². The van der Waals surface area contributed by atoms with Crippen molar-refractivity contribution in [2.24, 2.45) is 0 Å². The molecule has 0 N–H and O–H groups in total. The minimum atomic E-state index is -0.733.